The highest BCUT2D eigenvalue weighted by Crippen LogP contribution is 2.22. The van der Waals surface area contributed by atoms with Gasteiger partial charge in [0.1, 0.15) is 12.6 Å². The highest BCUT2D eigenvalue weighted by Gasteiger charge is 2.24. The summed E-state index contributed by atoms with van der Waals surface area (Å²) in [5.74, 6) is -0.441. The molecule has 1 rings (SSSR count). The number of amides is 1. The third-order valence-electron chi connectivity index (χ3n) is 4.39. The van der Waals surface area contributed by atoms with Gasteiger partial charge >= 0.3 is 0 Å². The zero-order valence-electron chi connectivity index (χ0n) is 15.7. The number of aliphatic hydroxyl groups is 1. The number of carbonyl (C=O) groups excluding carboxylic acids is 4. The van der Waals surface area contributed by atoms with Crippen LogP contribution in [0.4, 0.5) is 5.69 Å². The largest absolute Gasteiger partial charge is 0.396 e. The molecule has 2 N–H and O–H groups in total. The monoisotopic (exact) mass is 376 g/mol. The van der Waals surface area contributed by atoms with Gasteiger partial charge in [0.15, 0.2) is 6.29 Å². The van der Waals surface area contributed by atoms with Crippen LogP contribution >= 0.6 is 0 Å². The Hall–Kier alpha value is -2.54. The van der Waals surface area contributed by atoms with Crippen LogP contribution in [0.15, 0.2) is 18.2 Å². The van der Waals surface area contributed by atoms with Crippen LogP contribution in [-0.2, 0) is 9.59 Å². The van der Waals surface area contributed by atoms with Gasteiger partial charge in [0, 0.05) is 37.9 Å². The molecule has 0 aliphatic heterocycles. The Morgan fingerprint density at radius 2 is 1.93 bits per heavy atom. The van der Waals surface area contributed by atoms with E-state index in [4.69, 9.17) is 5.11 Å². The number of carbonyl (C=O) groups is 4. The molecule has 0 spiro atoms. The predicted molar refractivity (Wildman–Crippen MR) is 103 cm³/mol. The Balaban J connectivity index is 2.92. The molecule has 7 nitrogen and oxygen atoms in total. The van der Waals surface area contributed by atoms with Crippen LogP contribution in [0.5, 0.6) is 0 Å². The van der Waals surface area contributed by atoms with E-state index in [1.807, 2.05) is 0 Å². The van der Waals surface area contributed by atoms with E-state index >= 15 is 0 Å². The molecule has 1 amide bonds. The van der Waals surface area contributed by atoms with E-state index in [0.29, 0.717) is 31.1 Å². The van der Waals surface area contributed by atoms with Gasteiger partial charge in [-0.25, -0.2) is 0 Å². The van der Waals surface area contributed by atoms with Gasteiger partial charge in [0.25, 0.3) is 5.91 Å². The summed E-state index contributed by atoms with van der Waals surface area (Å²) in [6, 6.07) is 4.25. The van der Waals surface area contributed by atoms with Crippen molar-refractivity contribution in [2.24, 2.45) is 0 Å². The molecular weight excluding hydrogens is 348 g/mol. The van der Waals surface area contributed by atoms with Crippen molar-refractivity contribution in [2.45, 2.75) is 44.6 Å². The zero-order valence-corrected chi connectivity index (χ0v) is 15.7. The number of nitrogens with one attached hydrogen (secondary N) is 1. The van der Waals surface area contributed by atoms with Crippen molar-refractivity contribution in [3.63, 3.8) is 0 Å². The van der Waals surface area contributed by atoms with E-state index in [2.05, 4.69) is 5.32 Å². The van der Waals surface area contributed by atoms with Crippen molar-refractivity contribution in [1.82, 2.24) is 4.90 Å². The lowest BCUT2D eigenvalue weighted by Gasteiger charge is -2.25. The summed E-state index contributed by atoms with van der Waals surface area (Å²) in [6.07, 6.45) is 5.89. The molecule has 148 valence electrons. The van der Waals surface area contributed by atoms with Gasteiger partial charge in [-0.15, -0.1) is 0 Å². The van der Waals surface area contributed by atoms with E-state index in [1.165, 1.54) is 11.9 Å². The van der Waals surface area contributed by atoms with Crippen LogP contribution < -0.4 is 5.32 Å². The normalized spacial score (nSPS) is 11.5. The molecule has 0 fully saturated rings. The topological polar surface area (TPSA) is 104 Å². The van der Waals surface area contributed by atoms with Crippen molar-refractivity contribution in [1.29, 1.82) is 0 Å². The van der Waals surface area contributed by atoms with E-state index in [0.717, 1.165) is 25.7 Å². The van der Waals surface area contributed by atoms with Gasteiger partial charge in [-0.1, -0.05) is 25.0 Å². The summed E-state index contributed by atoms with van der Waals surface area (Å²) in [6.45, 7) is 0.807. The summed E-state index contributed by atoms with van der Waals surface area (Å²) in [5, 5.41) is 12.0. The maximum atomic E-state index is 12.9. The van der Waals surface area contributed by atoms with Crippen molar-refractivity contribution in [3.05, 3.63) is 29.3 Å². The lowest BCUT2D eigenvalue weighted by Crippen LogP contribution is -2.39. The molecule has 1 aromatic rings. The van der Waals surface area contributed by atoms with Crippen molar-refractivity contribution in [2.75, 3.05) is 25.5 Å². The molecule has 0 heterocycles. The third-order valence-corrected chi connectivity index (χ3v) is 4.39. The molecular formula is C20H28N2O5. The second kappa shape index (κ2) is 12.8. The van der Waals surface area contributed by atoms with Gasteiger partial charge in [-0.3, -0.25) is 9.59 Å². The number of benzene rings is 1. The Kier molecular flexibility index (Phi) is 10.6. The third kappa shape index (κ3) is 6.94. The number of unbranched alkanes of at least 4 members (excludes halogenated alkanes) is 3. The molecule has 1 atom stereocenters. The lowest BCUT2D eigenvalue weighted by molar-refractivity contribution is -0.112. The van der Waals surface area contributed by atoms with Gasteiger partial charge in [-0.2, -0.15) is 0 Å². The SMILES string of the molecule is CN(C(=O)c1c(C=O)cccc1NCCCCCCO)C(C=O)CCC=O. The molecule has 7 heteroatoms. The second-order valence-corrected chi connectivity index (χ2v) is 6.32. The van der Waals surface area contributed by atoms with Crippen LogP contribution in [0, 0.1) is 0 Å². The molecule has 27 heavy (non-hydrogen) atoms. The Morgan fingerprint density at radius 1 is 1.19 bits per heavy atom. The summed E-state index contributed by atoms with van der Waals surface area (Å²) < 4.78 is 0. The van der Waals surface area contributed by atoms with E-state index in [1.54, 1.807) is 18.2 Å². The highest BCUT2D eigenvalue weighted by molar-refractivity contribution is 6.06. The number of hydrogen-bond donors (Lipinski definition) is 2. The fraction of sp³-hybridized carbons (Fsp3) is 0.500. The number of nitrogens with zero attached hydrogens (tertiary/aromatic N) is 1. The van der Waals surface area contributed by atoms with Crippen molar-refractivity contribution in [3.8, 4) is 0 Å². The number of hydrogen-bond acceptors (Lipinski definition) is 6. The summed E-state index contributed by atoms with van der Waals surface area (Å²) in [7, 11) is 1.49. The molecule has 0 aromatic heterocycles. The first-order chi connectivity index (χ1) is 13.1. The molecule has 0 radical (unpaired) electrons. The van der Waals surface area contributed by atoms with Crippen molar-refractivity contribution < 1.29 is 24.3 Å². The van der Waals surface area contributed by atoms with Crippen LogP contribution in [-0.4, -0.2) is 61.0 Å². The molecule has 0 saturated carbocycles. The Labute approximate surface area is 159 Å². The maximum absolute atomic E-state index is 12.9. The van der Waals surface area contributed by atoms with Gasteiger partial charge in [0.2, 0.25) is 0 Å². The van der Waals surface area contributed by atoms with Crippen molar-refractivity contribution >= 4 is 30.5 Å². The number of aliphatic hydroxyl groups excluding tert-OH is 1. The summed E-state index contributed by atoms with van der Waals surface area (Å²) >= 11 is 0. The van der Waals surface area contributed by atoms with Gasteiger partial charge < -0.3 is 24.9 Å². The van der Waals surface area contributed by atoms with E-state index in [9.17, 15) is 19.2 Å². The fourth-order valence-corrected chi connectivity index (χ4v) is 2.79. The summed E-state index contributed by atoms with van der Waals surface area (Å²) in [4.78, 5) is 47.5. The fourth-order valence-electron chi connectivity index (χ4n) is 2.79. The minimum Gasteiger partial charge on any atom is -0.396 e. The van der Waals surface area contributed by atoms with Crippen LogP contribution in [0.25, 0.3) is 0 Å². The molecule has 1 unspecified atom stereocenters. The van der Waals surface area contributed by atoms with E-state index in [-0.39, 0.29) is 30.6 Å². The Bertz CT molecular complexity index is 633. The first-order valence-corrected chi connectivity index (χ1v) is 9.19. The second-order valence-electron chi connectivity index (χ2n) is 6.32. The van der Waals surface area contributed by atoms with Crippen LogP contribution in [0.1, 0.15) is 59.2 Å². The van der Waals surface area contributed by atoms with Gasteiger partial charge in [-0.05, 0) is 25.3 Å². The zero-order chi connectivity index (χ0) is 20.1. The number of anilines is 1. The minimum atomic E-state index is -0.728. The first-order valence-electron chi connectivity index (χ1n) is 9.19. The smallest absolute Gasteiger partial charge is 0.257 e. The highest BCUT2D eigenvalue weighted by atomic mass is 16.3. The van der Waals surface area contributed by atoms with E-state index < -0.39 is 11.9 Å². The average molecular weight is 376 g/mol. The van der Waals surface area contributed by atoms with Crippen LogP contribution in [0.2, 0.25) is 0 Å². The maximum Gasteiger partial charge on any atom is 0.257 e. The number of rotatable bonds is 14. The quantitative estimate of drug-likeness (QED) is 0.381. The Morgan fingerprint density at radius 3 is 2.56 bits per heavy atom. The molecule has 1 aromatic carbocycles. The lowest BCUT2D eigenvalue weighted by atomic mass is 10.0. The van der Waals surface area contributed by atoms with Gasteiger partial charge in [0.05, 0.1) is 11.6 Å². The number of aldehydes is 3. The molecule has 0 saturated heterocycles. The van der Waals surface area contributed by atoms with Crippen LogP contribution in [0.3, 0.4) is 0 Å². The average Bonchev–Trinajstić information content (AvgIpc) is 2.70. The number of likely N-dealkylation sites (N-methyl/N-ethyl adjacent to an activating group) is 1. The molecule has 0 aliphatic carbocycles. The molecule has 0 bridgehead atoms. The minimum absolute atomic E-state index is 0.176. The standard InChI is InChI=1S/C20H28N2O5/c1-22(17(15-26)9-7-13-24)20(27)19-16(14-25)8-6-10-18(19)21-11-4-2-3-5-12-23/h6,8,10,13-15,17,21,23H,2-5,7,9,11-12H2,1H3. The predicted octanol–water partition coefficient (Wildman–Crippen LogP) is 2.08. The molecule has 0 aliphatic rings. The summed E-state index contributed by atoms with van der Waals surface area (Å²) in [5.41, 5.74) is 1.01. The first kappa shape index (κ1) is 22.5.